The first-order valence-corrected chi connectivity index (χ1v) is 6.91. The van der Waals surface area contributed by atoms with Gasteiger partial charge in [-0.2, -0.15) is 0 Å². The summed E-state index contributed by atoms with van der Waals surface area (Å²) in [6.07, 6.45) is 2.97. The standard InChI is InChI=1S/C12H14ClN3OS/c1-9(11-3-2-6-18-11)14-4-5-16-8-10(13)7-15-12(16)17/h2-3,6-9,14H,4-5H2,1H3. The van der Waals surface area contributed by atoms with E-state index < -0.39 is 0 Å². The molecule has 0 aliphatic heterocycles. The highest BCUT2D eigenvalue weighted by atomic mass is 35.5. The minimum atomic E-state index is -0.273. The molecule has 2 aromatic rings. The van der Waals surface area contributed by atoms with E-state index in [1.165, 1.54) is 15.6 Å². The molecule has 0 aliphatic carbocycles. The molecule has 1 unspecified atom stereocenters. The molecule has 0 aliphatic rings. The second-order valence-electron chi connectivity index (χ2n) is 3.94. The van der Waals surface area contributed by atoms with E-state index in [-0.39, 0.29) is 11.7 Å². The minimum Gasteiger partial charge on any atom is -0.308 e. The van der Waals surface area contributed by atoms with Crippen LogP contribution in [0, 0.1) is 0 Å². The van der Waals surface area contributed by atoms with Gasteiger partial charge in [-0.15, -0.1) is 11.3 Å². The smallest absolute Gasteiger partial charge is 0.308 e. The van der Waals surface area contributed by atoms with Crippen molar-refractivity contribution in [2.75, 3.05) is 6.54 Å². The quantitative estimate of drug-likeness (QED) is 0.916. The largest absolute Gasteiger partial charge is 0.347 e. The lowest BCUT2D eigenvalue weighted by Crippen LogP contribution is -2.29. The number of hydrogen-bond donors (Lipinski definition) is 1. The van der Waals surface area contributed by atoms with Crippen LogP contribution in [0.5, 0.6) is 0 Å². The van der Waals surface area contributed by atoms with Gasteiger partial charge in [-0.25, -0.2) is 9.78 Å². The molecule has 0 radical (unpaired) electrons. The first-order valence-electron chi connectivity index (χ1n) is 5.65. The monoisotopic (exact) mass is 283 g/mol. The fourth-order valence-corrected chi connectivity index (χ4v) is 2.55. The second-order valence-corrected chi connectivity index (χ2v) is 5.36. The highest BCUT2D eigenvalue weighted by molar-refractivity contribution is 7.10. The van der Waals surface area contributed by atoms with Crippen LogP contribution < -0.4 is 11.0 Å². The van der Waals surface area contributed by atoms with E-state index in [1.807, 2.05) is 6.07 Å². The molecular weight excluding hydrogens is 270 g/mol. The maximum atomic E-state index is 11.4. The number of rotatable bonds is 5. The van der Waals surface area contributed by atoms with Gasteiger partial charge in [0.25, 0.3) is 0 Å². The zero-order chi connectivity index (χ0) is 13.0. The zero-order valence-corrected chi connectivity index (χ0v) is 11.5. The summed E-state index contributed by atoms with van der Waals surface area (Å²) in [6, 6.07) is 4.41. The van der Waals surface area contributed by atoms with Gasteiger partial charge in [0.2, 0.25) is 0 Å². The number of aromatic nitrogens is 2. The van der Waals surface area contributed by atoms with Gasteiger partial charge >= 0.3 is 5.69 Å². The topological polar surface area (TPSA) is 46.9 Å². The number of halogens is 1. The lowest BCUT2D eigenvalue weighted by atomic mass is 10.3. The maximum absolute atomic E-state index is 11.4. The summed E-state index contributed by atoms with van der Waals surface area (Å²) in [7, 11) is 0. The normalized spacial score (nSPS) is 12.6. The summed E-state index contributed by atoms with van der Waals surface area (Å²) in [4.78, 5) is 16.4. The molecule has 0 bridgehead atoms. The van der Waals surface area contributed by atoms with Crippen LogP contribution in [0.4, 0.5) is 0 Å². The summed E-state index contributed by atoms with van der Waals surface area (Å²) in [5.74, 6) is 0. The van der Waals surface area contributed by atoms with Crippen LogP contribution in [0.15, 0.2) is 34.7 Å². The van der Waals surface area contributed by atoms with Crippen LogP contribution >= 0.6 is 22.9 Å². The van der Waals surface area contributed by atoms with Crippen molar-refractivity contribution >= 4 is 22.9 Å². The third-order valence-corrected chi connectivity index (χ3v) is 3.85. The molecule has 1 N–H and O–H groups in total. The number of nitrogens with zero attached hydrogens (tertiary/aromatic N) is 2. The van der Waals surface area contributed by atoms with Crippen LogP contribution in [0.25, 0.3) is 0 Å². The molecule has 2 aromatic heterocycles. The summed E-state index contributed by atoms with van der Waals surface area (Å²) < 4.78 is 1.51. The Kier molecular flexibility index (Phi) is 4.52. The van der Waals surface area contributed by atoms with Crippen molar-refractivity contribution in [3.05, 3.63) is 50.3 Å². The van der Waals surface area contributed by atoms with E-state index in [0.29, 0.717) is 18.1 Å². The van der Waals surface area contributed by atoms with Gasteiger partial charge in [-0.3, -0.25) is 4.57 Å². The summed E-state index contributed by atoms with van der Waals surface area (Å²) in [5.41, 5.74) is -0.273. The lowest BCUT2D eigenvalue weighted by Gasteiger charge is -2.12. The van der Waals surface area contributed by atoms with Crippen LogP contribution in [0.3, 0.4) is 0 Å². The van der Waals surface area contributed by atoms with Gasteiger partial charge in [-0.1, -0.05) is 17.7 Å². The summed E-state index contributed by atoms with van der Waals surface area (Å²) >= 11 is 7.52. The van der Waals surface area contributed by atoms with Crippen LogP contribution in [-0.4, -0.2) is 16.1 Å². The Morgan fingerprint density at radius 2 is 2.44 bits per heavy atom. The van der Waals surface area contributed by atoms with Gasteiger partial charge in [0.05, 0.1) is 11.2 Å². The number of thiophene rings is 1. The van der Waals surface area contributed by atoms with E-state index in [0.717, 1.165) is 0 Å². The Morgan fingerprint density at radius 1 is 1.61 bits per heavy atom. The first kappa shape index (κ1) is 13.3. The van der Waals surface area contributed by atoms with Crippen molar-refractivity contribution < 1.29 is 0 Å². The molecule has 0 saturated carbocycles. The van der Waals surface area contributed by atoms with Crippen molar-refractivity contribution in [2.24, 2.45) is 0 Å². The number of hydrogen-bond acceptors (Lipinski definition) is 4. The molecule has 0 saturated heterocycles. The lowest BCUT2D eigenvalue weighted by molar-refractivity contribution is 0.524. The van der Waals surface area contributed by atoms with Crippen LogP contribution in [0.2, 0.25) is 5.02 Å². The Labute approximate surface area is 114 Å². The predicted octanol–water partition coefficient (Wildman–Crippen LogP) is 2.31. The molecule has 1 atom stereocenters. The first-order chi connectivity index (χ1) is 8.66. The Morgan fingerprint density at radius 3 is 3.17 bits per heavy atom. The third kappa shape index (κ3) is 3.41. The Bertz CT molecular complexity index is 553. The molecule has 2 heterocycles. The molecule has 6 heteroatoms. The van der Waals surface area contributed by atoms with Crippen LogP contribution in [-0.2, 0) is 6.54 Å². The molecule has 96 valence electrons. The van der Waals surface area contributed by atoms with Crippen LogP contribution in [0.1, 0.15) is 17.8 Å². The summed E-state index contributed by atoms with van der Waals surface area (Å²) in [5, 5.41) is 5.89. The Balaban J connectivity index is 1.89. The van der Waals surface area contributed by atoms with Gasteiger partial charge in [0.15, 0.2) is 0 Å². The third-order valence-electron chi connectivity index (χ3n) is 2.60. The molecule has 0 amide bonds. The molecule has 18 heavy (non-hydrogen) atoms. The van der Waals surface area contributed by atoms with Gasteiger partial charge in [-0.05, 0) is 18.4 Å². The average molecular weight is 284 g/mol. The van der Waals surface area contributed by atoms with Crippen molar-refractivity contribution in [1.29, 1.82) is 0 Å². The fraction of sp³-hybridized carbons (Fsp3) is 0.333. The fourth-order valence-electron chi connectivity index (χ4n) is 1.63. The molecule has 0 fully saturated rings. The van der Waals surface area contributed by atoms with Gasteiger partial charge in [0, 0.05) is 30.2 Å². The molecule has 4 nitrogen and oxygen atoms in total. The van der Waals surface area contributed by atoms with Crippen molar-refractivity contribution in [2.45, 2.75) is 19.5 Å². The highest BCUT2D eigenvalue weighted by Gasteiger charge is 2.05. The summed E-state index contributed by atoms with van der Waals surface area (Å²) in [6.45, 7) is 3.36. The molecule has 0 spiro atoms. The Hall–Kier alpha value is -1.17. The van der Waals surface area contributed by atoms with E-state index in [9.17, 15) is 4.79 Å². The second kappa shape index (κ2) is 6.13. The van der Waals surface area contributed by atoms with E-state index >= 15 is 0 Å². The van der Waals surface area contributed by atoms with Gasteiger partial charge < -0.3 is 5.32 Å². The van der Waals surface area contributed by atoms with E-state index in [1.54, 1.807) is 17.5 Å². The van der Waals surface area contributed by atoms with E-state index in [2.05, 4.69) is 28.7 Å². The van der Waals surface area contributed by atoms with Crippen molar-refractivity contribution in [3.63, 3.8) is 0 Å². The predicted molar refractivity (Wildman–Crippen MR) is 74.2 cm³/mol. The molecule has 0 aromatic carbocycles. The minimum absolute atomic E-state index is 0.273. The SMILES string of the molecule is CC(NCCn1cc(Cl)cnc1=O)c1cccs1. The molecule has 2 rings (SSSR count). The average Bonchev–Trinajstić information content (AvgIpc) is 2.87. The molecular formula is C12H14ClN3OS. The van der Waals surface area contributed by atoms with Crippen molar-refractivity contribution in [1.82, 2.24) is 14.9 Å². The highest BCUT2D eigenvalue weighted by Crippen LogP contribution is 2.17. The number of nitrogens with one attached hydrogen (secondary N) is 1. The zero-order valence-electron chi connectivity index (χ0n) is 9.97. The van der Waals surface area contributed by atoms with Crippen molar-refractivity contribution in [3.8, 4) is 0 Å². The van der Waals surface area contributed by atoms with E-state index in [4.69, 9.17) is 11.6 Å². The van der Waals surface area contributed by atoms with Gasteiger partial charge in [0.1, 0.15) is 0 Å². The maximum Gasteiger partial charge on any atom is 0.347 e.